The number of rotatable bonds is 17. The van der Waals surface area contributed by atoms with Gasteiger partial charge in [-0.05, 0) is 61.3 Å². The Morgan fingerprint density at radius 2 is 1.36 bits per heavy atom. The quantitative estimate of drug-likeness (QED) is 0.159. The predicted molar refractivity (Wildman–Crippen MR) is 168 cm³/mol. The summed E-state index contributed by atoms with van der Waals surface area (Å²) >= 11 is 0. The van der Waals surface area contributed by atoms with Crippen molar-refractivity contribution in [2.24, 2.45) is 17.8 Å². The Morgan fingerprint density at radius 3 is 1.95 bits per heavy atom. The van der Waals surface area contributed by atoms with E-state index in [0.29, 0.717) is 6.54 Å². The van der Waals surface area contributed by atoms with Crippen LogP contribution in [0.2, 0.25) is 0 Å². The van der Waals surface area contributed by atoms with Crippen LogP contribution in [0.5, 0.6) is 0 Å². The summed E-state index contributed by atoms with van der Waals surface area (Å²) in [5, 5.41) is 32.4. The number of amides is 4. The molecule has 0 bridgehead atoms. The minimum Gasteiger partial charge on any atom is -0.391 e. The third-order valence-electron chi connectivity index (χ3n) is 7.35. The van der Waals surface area contributed by atoms with Crippen molar-refractivity contribution in [1.29, 1.82) is 0 Å². The van der Waals surface area contributed by atoms with Gasteiger partial charge in [0, 0.05) is 24.9 Å². The number of aliphatic hydroxyl groups excluding tert-OH is 2. The molecule has 1 heterocycles. The van der Waals surface area contributed by atoms with Crippen molar-refractivity contribution in [1.82, 2.24) is 26.3 Å². The molecule has 0 aliphatic rings. The maximum atomic E-state index is 13.2. The van der Waals surface area contributed by atoms with E-state index in [1.54, 1.807) is 31.5 Å². The van der Waals surface area contributed by atoms with Gasteiger partial charge >= 0.3 is 0 Å². The minimum absolute atomic E-state index is 0.0148. The molecule has 0 saturated carbocycles. The molecule has 1 aromatic carbocycles. The number of pyridine rings is 1. The van der Waals surface area contributed by atoms with Gasteiger partial charge in [0.05, 0.1) is 12.1 Å². The summed E-state index contributed by atoms with van der Waals surface area (Å²) < 4.78 is 0. The standard InChI is InChI=1S/C33H49N5O6/c1-20(2)16-28(40)32(43)36-23(6)31(42)37-26(18-24-10-8-7-9-11-24)27(39)17-22(5)30(41)38-29(21(3)4)33(44)35-19-25-12-14-34-15-13-25/h7-15,20-23,26-29,39-40H,16-19H2,1-6H3,(H,35,44)(H,36,43)(H,37,42)(H,38,41)/t22-,23+,26+,27+,28+,29+/m1/s1. The average Bonchev–Trinajstić information content (AvgIpc) is 2.98. The fourth-order valence-electron chi connectivity index (χ4n) is 4.65. The molecule has 2 aromatic rings. The largest absolute Gasteiger partial charge is 0.391 e. The van der Waals surface area contributed by atoms with E-state index in [1.165, 1.54) is 6.92 Å². The summed E-state index contributed by atoms with van der Waals surface area (Å²) in [6, 6.07) is 10.4. The smallest absolute Gasteiger partial charge is 0.249 e. The van der Waals surface area contributed by atoms with Crippen molar-refractivity contribution in [3.63, 3.8) is 0 Å². The van der Waals surface area contributed by atoms with Crippen LogP contribution in [0.3, 0.4) is 0 Å². The summed E-state index contributed by atoms with van der Waals surface area (Å²) in [5.74, 6) is -2.66. The summed E-state index contributed by atoms with van der Waals surface area (Å²) in [5.41, 5.74) is 1.74. The van der Waals surface area contributed by atoms with Crippen LogP contribution in [-0.2, 0) is 32.1 Å². The van der Waals surface area contributed by atoms with E-state index in [1.807, 2.05) is 58.0 Å². The molecule has 2 rings (SSSR count). The maximum absolute atomic E-state index is 13.2. The number of nitrogens with one attached hydrogen (secondary N) is 4. The predicted octanol–water partition coefficient (Wildman–Crippen LogP) is 1.86. The zero-order valence-corrected chi connectivity index (χ0v) is 26.6. The van der Waals surface area contributed by atoms with Crippen LogP contribution in [0.25, 0.3) is 0 Å². The van der Waals surface area contributed by atoms with Crippen molar-refractivity contribution in [3.05, 3.63) is 66.0 Å². The number of nitrogens with zero attached hydrogens (tertiary/aromatic N) is 1. The summed E-state index contributed by atoms with van der Waals surface area (Å²) in [6.07, 6.45) is 1.48. The van der Waals surface area contributed by atoms with Gasteiger partial charge in [0.25, 0.3) is 0 Å². The lowest BCUT2D eigenvalue weighted by Crippen LogP contribution is -2.54. The molecular formula is C33H49N5O6. The van der Waals surface area contributed by atoms with Crippen LogP contribution in [0, 0.1) is 17.8 Å². The minimum atomic E-state index is -1.23. The third-order valence-corrected chi connectivity index (χ3v) is 7.35. The highest BCUT2D eigenvalue weighted by molar-refractivity contribution is 5.89. The maximum Gasteiger partial charge on any atom is 0.249 e. The van der Waals surface area contributed by atoms with E-state index < -0.39 is 54.0 Å². The Labute approximate surface area is 260 Å². The van der Waals surface area contributed by atoms with Crippen LogP contribution in [-0.4, -0.2) is 69.2 Å². The first kappa shape index (κ1) is 36.4. The molecule has 6 atom stereocenters. The van der Waals surface area contributed by atoms with E-state index in [-0.39, 0.29) is 37.0 Å². The van der Waals surface area contributed by atoms with Gasteiger partial charge in [-0.25, -0.2) is 0 Å². The molecule has 0 aliphatic heterocycles. The summed E-state index contributed by atoms with van der Waals surface area (Å²) in [7, 11) is 0. The van der Waals surface area contributed by atoms with Crippen molar-refractivity contribution < 1.29 is 29.4 Å². The van der Waals surface area contributed by atoms with E-state index >= 15 is 0 Å². The normalized spacial score (nSPS) is 15.4. The number of benzene rings is 1. The van der Waals surface area contributed by atoms with Crippen LogP contribution in [0.1, 0.15) is 65.5 Å². The van der Waals surface area contributed by atoms with Gasteiger partial charge in [0.2, 0.25) is 23.6 Å². The van der Waals surface area contributed by atoms with Crippen molar-refractivity contribution in [2.75, 3.05) is 0 Å². The molecule has 0 saturated heterocycles. The Hall–Kier alpha value is -3.83. The highest BCUT2D eigenvalue weighted by Crippen LogP contribution is 2.15. The molecule has 1 aromatic heterocycles. The molecule has 0 radical (unpaired) electrons. The van der Waals surface area contributed by atoms with Gasteiger partial charge < -0.3 is 31.5 Å². The Bertz CT molecular complexity index is 1190. The SMILES string of the molecule is CC(C)C[C@H](O)C(=O)N[C@@H](C)C(=O)N[C@@H](Cc1ccccc1)[C@@H](O)C[C@@H](C)C(=O)N[C@H](C(=O)NCc1ccncc1)C(C)C. The topological polar surface area (TPSA) is 170 Å². The molecule has 11 nitrogen and oxygen atoms in total. The zero-order chi connectivity index (χ0) is 32.8. The van der Waals surface area contributed by atoms with Gasteiger partial charge in [0.1, 0.15) is 18.2 Å². The van der Waals surface area contributed by atoms with E-state index in [4.69, 9.17) is 0 Å². The molecule has 44 heavy (non-hydrogen) atoms. The van der Waals surface area contributed by atoms with Crippen LogP contribution in [0.4, 0.5) is 0 Å². The Balaban J connectivity index is 2.05. The highest BCUT2D eigenvalue weighted by atomic mass is 16.3. The van der Waals surface area contributed by atoms with Crippen LogP contribution < -0.4 is 21.3 Å². The van der Waals surface area contributed by atoms with Crippen molar-refractivity contribution >= 4 is 23.6 Å². The highest BCUT2D eigenvalue weighted by Gasteiger charge is 2.31. The number of hydrogen-bond donors (Lipinski definition) is 6. The van der Waals surface area contributed by atoms with Gasteiger partial charge in [-0.2, -0.15) is 0 Å². The molecule has 0 fully saturated rings. The van der Waals surface area contributed by atoms with Crippen molar-refractivity contribution in [3.8, 4) is 0 Å². The molecule has 242 valence electrons. The molecule has 0 aliphatic carbocycles. The first-order valence-corrected chi connectivity index (χ1v) is 15.3. The number of hydrogen-bond acceptors (Lipinski definition) is 7. The lowest BCUT2D eigenvalue weighted by atomic mass is 9.92. The van der Waals surface area contributed by atoms with E-state index in [0.717, 1.165) is 11.1 Å². The Kier molecular flexibility index (Phi) is 14.9. The van der Waals surface area contributed by atoms with Gasteiger partial charge in [-0.15, -0.1) is 0 Å². The second kappa shape index (κ2) is 18.1. The first-order valence-electron chi connectivity index (χ1n) is 15.3. The lowest BCUT2D eigenvalue weighted by Gasteiger charge is -2.29. The van der Waals surface area contributed by atoms with Crippen LogP contribution in [0.15, 0.2) is 54.9 Å². The van der Waals surface area contributed by atoms with Gasteiger partial charge in [-0.3, -0.25) is 24.2 Å². The molecule has 0 unspecified atom stereocenters. The molecule has 4 amide bonds. The first-order chi connectivity index (χ1) is 20.8. The molecule has 11 heteroatoms. The number of carbonyl (C=O) groups is 4. The van der Waals surface area contributed by atoms with Crippen molar-refractivity contribution in [2.45, 2.75) is 97.7 Å². The average molecular weight is 612 g/mol. The summed E-state index contributed by atoms with van der Waals surface area (Å²) in [4.78, 5) is 55.5. The number of aromatic nitrogens is 1. The molecule has 0 spiro atoms. The number of carbonyl (C=O) groups excluding carboxylic acids is 4. The zero-order valence-electron chi connectivity index (χ0n) is 26.6. The van der Waals surface area contributed by atoms with Gasteiger partial charge in [0.15, 0.2) is 0 Å². The number of aliphatic hydroxyl groups is 2. The fourth-order valence-corrected chi connectivity index (χ4v) is 4.65. The summed E-state index contributed by atoms with van der Waals surface area (Å²) in [6.45, 7) is 10.9. The van der Waals surface area contributed by atoms with E-state index in [2.05, 4.69) is 26.3 Å². The second-order valence-corrected chi connectivity index (χ2v) is 12.2. The second-order valence-electron chi connectivity index (χ2n) is 12.2. The van der Waals surface area contributed by atoms with E-state index in [9.17, 15) is 29.4 Å². The van der Waals surface area contributed by atoms with Gasteiger partial charge in [-0.1, -0.05) is 65.0 Å². The van der Waals surface area contributed by atoms with Crippen LogP contribution >= 0.6 is 0 Å². The Morgan fingerprint density at radius 1 is 0.727 bits per heavy atom. The lowest BCUT2D eigenvalue weighted by molar-refractivity contribution is -0.135. The molecule has 6 N–H and O–H groups in total. The fraction of sp³-hybridized carbons (Fsp3) is 0.545. The monoisotopic (exact) mass is 611 g/mol. The molecular weight excluding hydrogens is 562 g/mol. The third kappa shape index (κ3) is 12.4.